The Morgan fingerprint density at radius 1 is 1.26 bits per heavy atom. The molecule has 0 bridgehead atoms. The fraction of sp³-hybridized carbons (Fsp3) is 0.467. The largest absolute Gasteiger partial charge is 0.498 e. The topological polar surface area (TPSA) is 58.9 Å². The molecule has 2 N–H and O–H groups in total. The maximum absolute atomic E-state index is 10.2. The highest BCUT2D eigenvalue weighted by atomic mass is 16.5. The van der Waals surface area contributed by atoms with E-state index in [1.165, 1.54) is 6.26 Å². The van der Waals surface area contributed by atoms with Crippen molar-refractivity contribution in [2.75, 3.05) is 19.8 Å². The Kier molecular flexibility index (Phi) is 5.86. The second-order valence-electron chi connectivity index (χ2n) is 5.00. The minimum Gasteiger partial charge on any atom is -0.498 e. The molecule has 1 aromatic carbocycles. The number of benzene rings is 1. The minimum atomic E-state index is -0.712. The van der Waals surface area contributed by atoms with Gasteiger partial charge < -0.3 is 19.7 Å². The van der Waals surface area contributed by atoms with Crippen molar-refractivity contribution >= 4 is 0 Å². The smallest absolute Gasteiger partial charge is 0.122 e. The van der Waals surface area contributed by atoms with Crippen LogP contribution in [0.1, 0.15) is 25.5 Å². The van der Waals surface area contributed by atoms with Crippen molar-refractivity contribution in [2.24, 2.45) is 5.41 Å². The van der Waals surface area contributed by atoms with Gasteiger partial charge in [0.25, 0.3) is 0 Å². The first kappa shape index (κ1) is 15.5. The zero-order chi connectivity index (χ0) is 14.3. The molecular weight excluding hydrogens is 244 g/mol. The van der Waals surface area contributed by atoms with E-state index in [9.17, 15) is 10.2 Å². The van der Waals surface area contributed by atoms with Gasteiger partial charge in [-0.1, -0.05) is 32.6 Å². The van der Waals surface area contributed by atoms with Crippen LogP contribution in [0, 0.1) is 5.41 Å². The van der Waals surface area contributed by atoms with E-state index in [4.69, 9.17) is 9.47 Å². The molecule has 0 aliphatic carbocycles. The fourth-order valence-electron chi connectivity index (χ4n) is 1.57. The fourth-order valence-corrected chi connectivity index (χ4v) is 1.57. The van der Waals surface area contributed by atoms with Gasteiger partial charge in [-0.3, -0.25) is 0 Å². The Morgan fingerprint density at radius 3 is 2.42 bits per heavy atom. The van der Waals surface area contributed by atoms with Crippen LogP contribution in [0.4, 0.5) is 0 Å². The van der Waals surface area contributed by atoms with Crippen molar-refractivity contribution in [3.05, 3.63) is 42.7 Å². The molecule has 1 unspecified atom stereocenters. The number of rotatable bonds is 8. The number of hydrogen-bond acceptors (Lipinski definition) is 4. The molecule has 106 valence electrons. The molecule has 0 aliphatic heterocycles. The van der Waals surface area contributed by atoms with Gasteiger partial charge in [-0.05, 0) is 17.7 Å². The van der Waals surface area contributed by atoms with Gasteiger partial charge in [-0.15, -0.1) is 0 Å². The molecule has 4 nitrogen and oxygen atoms in total. The quantitative estimate of drug-likeness (QED) is 0.560. The van der Waals surface area contributed by atoms with E-state index in [2.05, 4.69) is 6.58 Å². The van der Waals surface area contributed by atoms with E-state index in [1.54, 1.807) is 24.3 Å². The molecule has 19 heavy (non-hydrogen) atoms. The van der Waals surface area contributed by atoms with E-state index in [-0.39, 0.29) is 6.61 Å². The molecule has 1 atom stereocenters. The van der Waals surface area contributed by atoms with Gasteiger partial charge in [0.1, 0.15) is 19.0 Å². The summed E-state index contributed by atoms with van der Waals surface area (Å²) in [6.45, 7) is 7.88. The second-order valence-corrected chi connectivity index (χ2v) is 5.00. The van der Waals surface area contributed by atoms with Crippen LogP contribution in [0.2, 0.25) is 0 Å². The zero-order valence-corrected chi connectivity index (χ0v) is 11.5. The van der Waals surface area contributed by atoms with E-state index in [0.717, 1.165) is 5.56 Å². The monoisotopic (exact) mass is 266 g/mol. The molecule has 0 saturated heterocycles. The lowest BCUT2D eigenvalue weighted by molar-refractivity contribution is 0.00635. The predicted octanol–water partition coefficient (Wildman–Crippen LogP) is 2.28. The zero-order valence-electron chi connectivity index (χ0n) is 11.5. The van der Waals surface area contributed by atoms with E-state index >= 15 is 0 Å². The molecule has 1 aromatic rings. The minimum absolute atomic E-state index is 0.0781. The third-order valence-electron chi connectivity index (χ3n) is 2.93. The molecule has 0 heterocycles. The highest BCUT2D eigenvalue weighted by Gasteiger charge is 2.28. The van der Waals surface area contributed by atoms with Crippen molar-refractivity contribution in [2.45, 2.75) is 20.0 Å². The molecule has 4 heteroatoms. The average Bonchev–Trinajstić information content (AvgIpc) is 2.43. The first-order chi connectivity index (χ1) is 9.01. The van der Waals surface area contributed by atoms with Gasteiger partial charge in [0.2, 0.25) is 0 Å². The summed E-state index contributed by atoms with van der Waals surface area (Å²) in [5, 5.41) is 19.4. The van der Waals surface area contributed by atoms with Crippen molar-refractivity contribution in [1.82, 2.24) is 0 Å². The van der Waals surface area contributed by atoms with Crippen LogP contribution in [0.3, 0.4) is 0 Å². The van der Waals surface area contributed by atoms with Crippen molar-refractivity contribution in [1.29, 1.82) is 0 Å². The van der Waals surface area contributed by atoms with Crippen LogP contribution in [0.25, 0.3) is 0 Å². The molecule has 0 aromatic heterocycles. The SMILES string of the molecule is C=COCCOc1ccc(C(O)C(C)(C)CO)cc1. The first-order valence-electron chi connectivity index (χ1n) is 6.25. The summed E-state index contributed by atoms with van der Waals surface area (Å²) in [5.41, 5.74) is 0.189. The summed E-state index contributed by atoms with van der Waals surface area (Å²) in [6, 6.07) is 7.18. The molecule has 0 amide bonds. The third-order valence-corrected chi connectivity index (χ3v) is 2.93. The summed E-state index contributed by atoms with van der Waals surface area (Å²) in [7, 11) is 0. The number of hydrogen-bond donors (Lipinski definition) is 2. The molecule has 1 rings (SSSR count). The standard InChI is InChI=1S/C15H22O4/c1-4-18-9-10-19-13-7-5-12(6-8-13)14(17)15(2,3)11-16/h4-8,14,16-17H,1,9-11H2,2-3H3. The lowest BCUT2D eigenvalue weighted by Crippen LogP contribution is -2.25. The Hall–Kier alpha value is -1.52. The van der Waals surface area contributed by atoms with Crippen LogP contribution in [-0.4, -0.2) is 30.0 Å². The summed E-state index contributed by atoms with van der Waals surface area (Å²) in [5.74, 6) is 0.713. The van der Waals surface area contributed by atoms with Gasteiger partial charge in [0.05, 0.1) is 19.0 Å². The van der Waals surface area contributed by atoms with Crippen LogP contribution < -0.4 is 4.74 Å². The molecule has 0 spiro atoms. The molecule has 0 fully saturated rings. The van der Waals surface area contributed by atoms with Crippen LogP contribution >= 0.6 is 0 Å². The van der Waals surface area contributed by atoms with Gasteiger partial charge in [-0.2, -0.15) is 0 Å². The molecule has 0 saturated carbocycles. The number of ether oxygens (including phenoxy) is 2. The summed E-state index contributed by atoms with van der Waals surface area (Å²) in [4.78, 5) is 0. The Labute approximate surface area is 114 Å². The molecule has 0 aliphatic rings. The van der Waals surface area contributed by atoms with Gasteiger partial charge in [0, 0.05) is 5.41 Å². The van der Waals surface area contributed by atoms with Crippen molar-refractivity contribution < 1.29 is 19.7 Å². The summed E-state index contributed by atoms with van der Waals surface area (Å²) in [6.07, 6.45) is 0.662. The van der Waals surface area contributed by atoms with E-state index < -0.39 is 11.5 Å². The Morgan fingerprint density at radius 2 is 1.89 bits per heavy atom. The number of aliphatic hydroxyl groups excluding tert-OH is 2. The lowest BCUT2D eigenvalue weighted by atomic mass is 9.83. The van der Waals surface area contributed by atoms with Crippen molar-refractivity contribution in [3.8, 4) is 5.75 Å². The molecule has 0 radical (unpaired) electrons. The highest BCUT2D eigenvalue weighted by molar-refractivity contribution is 5.29. The van der Waals surface area contributed by atoms with Crippen LogP contribution in [0.5, 0.6) is 5.75 Å². The van der Waals surface area contributed by atoms with E-state index in [1.807, 2.05) is 13.8 Å². The lowest BCUT2D eigenvalue weighted by Gasteiger charge is -2.28. The van der Waals surface area contributed by atoms with Crippen LogP contribution in [-0.2, 0) is 4.74 Å². The predicted molar refractivity (Wildman–Crippen MR) is 73.9 cm³/mol. The van der Waals surface area contributed by atoms with Crippen LogP contribution in [0.15, 0.2) is 37.1 Å². The van der Waals surface area contributed by atoms with Gasteiger partial charge in [-0.25, -0.2) is 0 Å². The maximum atomic E-state index is 10.2. The first-order valence-corrected chi connectivity index (χ1v) is 6.25. The van der Waals surface area contributed by atoms with Crippen molar-refractivity contribution in [3.63, 3.8) is 0 Å². The average molecular weight is 266 g/mol. The van der Waals surface area contributed by atoms with E-state index in [0.29, 0.717) is 19.0 Å². The molecular formula is C15H22O4. The third kappa shape index (κ3) is 4.58. The highest BCUT2D eigenvalue weighted by Crippen LogP contribution is 2.33. The van der Waals surface area contributed by atoms with Gasteiger partial charge in [0.15, 0.2) is 0 Å². The normalized spacial score (nSPS) is 12.8. The Bertz CT molecular complexity index is 384. The summed E-state index contributed by atoms with van der Waals surface area (Å²) < 4.78 is 10.4. The van der Waals surface area contributed by atoms with Gasteiger partial charge >= 0.3 is 0 Å². The number of aliphatic hydroxyl groups is 2. The Balaban J connectivity index is 2.58. The summed E-state index contributed by atoms with van der Waals surface area (Å²) >= 11 is 0. The second kappa shape index (κ2) is 7.16. The maximum Gasteiger partial charge on any atom is 0.122 e.